The topological polar surface area (TPSA) is 22.0 Å². The zero-order valence-electron chi connectivity index (χ0n) is 8.98. The van der Waals surface area contributed by atoms with E-state index < -0.39 is 0 Å². The highest BCUT2D eigenvalue weighted by Gasteiger charge is 2.02. The first-order chi connectivity index (χ1) is 7.66. The molecule has 0 N–H and O–H groups in total. The first kappa shape index (κ1) is 11.0. The summed E-state index contributed by atoms with van der Waals surface area (Å²) in [6, 6.07) is 11.0. The van der Waals surface area contributed by atoms with Crippen LogP contribution in [0.1, 0.15) is 11.1 Å². The predicted molar refractivity (Wildman–Crippen MR) is 66.0 cm³/mol. The van der Waals surface area contributed by atoms with Gasteiger partial charge in [0.2, 0.25) is 0 Å². The number of halogens is 1. The summed E-state index contributed by atoms with van der Waals surface area (Å²) in [5.41, 5.74) is 2.06. The van der Waals surface area contributed by atoms with Gasteiger partial charge in [-0.1, -0.05) is 29.8 Å². The second-order valence-electron chi connectivity index (χ2n) is 3.76. The standard InChI is InChI=1S/C13H12ClNO/c1-10-5-6-11(12(14)8-10)9-15-7-3-2-4-13(15)16/h2-8H,9H2,1H3. The number of hydrogen-bond acceptors (Lipinski definition) is 1. The van der Waals surface area contributed by atoms with E-state index in [9.17, 15) is 4.79 Å². The minimum absolute atomic E-state index is 0.0147. The van der Waals surface area contributed by atoms with Gasteiger partial charge in [0.15, 0.2) is 0 Å². The molecule has 2 nitrogen and oxygen atoms in total. The molecule has 0 saturated carbocycles. The molecule has 0 fully saturated rings. The molecule has 0 amide bonds. The molecule has 1 aromatic heterocycles. The molecule has 1 aromatic carbocycles. The van der Waals surface area contributed by atoms with Crippen LogP contribution in [-0.2, 0) is 6.54 Å². The third-order valence-electron chi connectivity index (χ3n) is 2.45. The molecule has 0 aliphatic heterocycles. The summed E-state index contributed by atoms with van der Waals surface area (Å²) < 4.78 is 1.64. The first-order valence-electron chi connectivity index (χ1n) is 5.07. The van der Waals surface area contributed by atoms with E-state index in [1.807, 2.05) is 31.2 Å². The third kappa shape index (κ3) is 2.34. The molecule has 0 bridgehead atoms. The Bertz CT molecular complexity index is 560. The average molecular weight is 234 g/mol. The van der Waals surface area contributed by atoms with Crippen molar-refractivity contribution < 1.29 is 0 Å². The Balaban J connectivity index is 2.35. The molecular formula is C13H12ClNO. The minimum atomic E-state index is -0.0147. The smallest absolute Gasteiger partial charge is 0.250 e. The largest absolute Gasteiger partial charge is 0.311 e. The summed E-state index contributed by atoms with van der Waals surface area (Å²) in [6.07, 6.45) is 1.76. The van der Waals surface area contributed by atoms with Gasteiger partial charge in [-0.3, -0.25) is 4.79 Å². The number of pyridine rings is 1. The maximum atomic E-state index is 11.5. The molecular weight excluding hydrogens is 222 g/mol. The zero-order chi connectivity index (χ0) is 11.5. The predicted octanol–water partition coefficient (Wildman–Crippen LogP) is 2.86. The van der Waals surface area contributed by atoms with Crippen molar-refractivity contribution in [1.29, 1.82) is 0 Å². The Morgan fingerprint density at radius 3 is 2.75 bits per heavy atom. The van der Waals surface area contributed by atoms with E-state index >= 15 is 0 Å². The molecule has 0 aliphatic carbocycles. The fraction of sp³-hybridized carbons (Fsp3) is 0.154. The number of benzene rings is 1. The lowest BCUT2D eigenvalue weighted by molar-refractivity contribution is 0.759. The van der Waals surface area contributed by atoms with Crippen LogP contribution in [0, 0.1) is 6.92 Å². The highest BCUT2D eigenvalue weighted by Crippen LogP contribution is 2.17. The minimum Gasteiger partial charge on any atom is -0.311 e. The normalized spacial score (nSPS) is 10.4. The summed E-state index contributed by atoms with van der Waals surface area (Å²) in [6.45, 7) is 2.50. The van der Waals surface area contributed by atoms with Crippen molar-refractivity contribution in [2.45, 2.75) is 13.5 Å². The molecule has 3 heteroatoms. The van der Waals surface area contributed by atoms with Crippen molar-refractivity contribution >= 4 is 11.6 Å². The van der Waals surface area contributed by atoms with Crippen LogP contribution in [0.5, 0.6) is 0 Å². The number of nitrogens with zero attached hydrogens (tertiary/aromatic N) is 1. The molecule has 0 radical (unpaired) electrons. The third-order valence-corrected chi connectivity index (χ3v) is 2.80. The summed E-state index contributed by atoms with van der Waals surface area (Å²) in [4.78, 5) is 11.5. The van der Waals surface area contributed by atoms with Crippen LogP contribution in [0.25, 0.3) is 0 Å². The second kappa shape index (κ2) is 4.54. The highest BCUT2D eigenvalue weighted by molar-refractivity contribution is 6.31. The van der Waals surface area contributed by atoms with Gasteiger partial charge < -0.3 is 4.57 Å². The van der Waals surface area contributed by atoms with E-state index in [-0.39, 0.29) is 5.56 Å². The Kier molecular flexibility index (Phi) is 3.11. The Labute approximate surface area is 99.1 Å². The van der Waals surface area contributed by atoms with Gasteiger partial charge in [0.05, 0.1) is 6.54 Å². The van der Waals surface area contributed by atoms with Crippen LogP contribution in [-0.4, -0.2) is 4.57 Å². The lowest BCUT2D eigenvalue weighted by Gasteiger charge is -2.07. The van der Waals surface area contributed by atoms with Crippen molar-refractivity contribution in [3.05, 3.63) is 69.1 Å². The van der Waals surface area contributed by atoms with Gasteiger partial charge in [0.25, 0.3) is 5.56 Å². The number of rotatable bonds is 2. The maximum absolute atomic E-state index is 11.5. The fourth-order valence-corrected chi connectivity index (χ4v) is 1.85. The molecule has 2 rings (SSSR count). The molecule has 1 heterocycles. The Morgan fingerprint density at radius 1 is 1.25 bits per heavy atom. The summed E-state index contributed by atoms with van der Waals surface area (Å²) in [5.74, 6) is 0. The van der Waals surface area contributed by atoms with Crippen molar-refractivity contribution in [1.82, 2.24) is 4.57 Å². The van der Waals surface area contributed by atoms with Gasteiger partial charge in [-0.05, 0) is 30.2 Å². The van der Waals surface area contributed by atoms with Crippen molar-refractivity contribution in [2.75, 3.05) is 0 Å². The molecule has 0 unspecified atom stereocenters. The summed E-state index contributed by atoms with van der Waals surface area (Å²) >= 11 is 6.12. The van der Waals surface area contributed by atoms with E-state index in [2.05, 4.69) is 0 Å². The molecule has 0 aliphatic rings. The summed E-state index contributed by atoms with van der Waals surface area (Å²) in [7, 11) is 0. The average Bonchev–Trinajstić information content (AvgIpc) is 2.25. The van der Waals surface area contributed by atoms with E-state index in [0.717, 1.165) is 11.1 Å². The van der Waals surface area contributed by atoms with Crippen LogP contribution < -0.4 is 5.56 Å². The number of hydrogen-bond donors (Lipinski definition) is 0. The van der Waals surface area contributed by atoms with Crippen LogP contribution in [0.15, 0.2) is 47.4 Å². The summed E-state index contributed by atoms with van der Waals surface area (Å²) in [5, 5.41) is 0.704. The SMILES string of the molecule is Cc1ccc(Cn2ccccc2=O)c(Cl)c1. The van der Waals surface area contributed by atoms with E-state index in [4.69, 9.17) is 11.6 Å². The lowest BCUT2D eigenvalue weighted by Crippen LogP contribution is -2.18. The second-order valence-corrected chi connectivity index (χ2v) is 4.17. The van der Waals surface area contributed by atoms with E-state index in [1.54, 1.807) is 22.9 Å². The van der Waals surface area contributed by atoms with Gasteiger partial charge in [-0.25, -0.2) is 0 Å². The van der Waals surface area contributed by atoms with Crippen LogP contribution in [0.3, 0.4) is 0 Å². The Morgan fingerprint density at radius 2 is 2.06 bits per heavy atom. The fourth-order valence-electron chi connectivity index (χ4n) is 1.56. The van der Waals surface area contributed by atoms with Gasteiger partial charge >= 0.3 is 0 Å². The zero-order valence-corrected chi connectivity index (χ0v) is 9.74. The highest BCUT2D eigenvalue weighted by atomic mass is 35.5. The van der Waals surface area contributed by atoms with Crippen LogP contribution in [0.4, 0.5) is 0 Å². The van der Waals surface area contributed by atoms with Crippen molar-refractivity contribution in [2.24, 2.45) is 0 Å². The maximum Gasteiger partial charge on any atom is 0.250 e. The molecule has 2 aromatic rings. The van der Waals surface area contributed by atoms with Crippen LogP contribution >= 0.6 is 11.6 Å². The monoisotopic (exact) mass is 233 g/mol. The molecule has 0 spiro atoms. The lowest BCUT2D eigenvalue weighted by atomic mass is 10.1. The van der Waals surface area contributed by atoms with Crippen molar-refractivity contribution in [3.63, 3.8) is 0 Å². The van der Waals surface area contributed by atoms with Gasteiger partial charge in [-0.2, -0.15) is 0 Å². The Hall–Kier alpha value is -1.54. The number of aromatic nitrogens is 1. The van der Waals surface area contributed by atoms with E-state index in [1.165, 1.54) is 0 Å². The molecule has 82 valence electrons. The molecule has 0 saturated heterocycles. The van der Waals surface area contributed by atoms with Crippen molar-refractivity contribution in [3.8, 4) is 0 Å². The van der Waals surface area contributed by atoms with Gasteiger partial charge in [0.1, 0.15) is 0 Å². The molecule has 0 atom stereocenters. The van der Waals surface area contributed by atoms with E-state index in [0.29, 0.717) is 11.6 Å². The first-order valence-corrected chi connectivity index (χ1v) is 5.45. The van der Waals surface area contributed by atoms with Crippen LogP contribution in [0.2, 0.25) is 5.02 Å². The number of aryl methyl sites for hydroxylation is 1. The van der Waals surface area contributed by atoms with Gasteiger partial charge in [0, 0.05) is 17.3 Å². The quantitative estimate of drug-likeness (QED) is 0.782. The molecule has 16 heavy (non-hydrogen) atoms. The van der Waals surface area contributed by atoms with Gasteiger partial charge in [-0.15, -0.1) is 0 Å².